The van der Waals surface area contributed by atoms with Gasteiger partial charge in [0.25, 0.3) is 0 Å². The second-order valence-corrected chi connectivity index (χ2v) is 3.85. The van der Waals surface area contributed by atoms with E-state index in [1.54, 1.807) is 6.20 Å². The maximum atomic E-state index is 11.2. The number of rotatable bonds is 3. The molecule has 0 amide bonds. The Morgan fingerprint density at radius 1 is 1.47 bits per heavy atom. The number of aryl methyl sites for hydroxylation is 2. The molecule has 0 aromatic carbocycles. The number of nitrogens with zero attached hydrogens (tertiary/aromatic N) is 2. The van der Waals surface area contributed by atoms with Gasteiger partial charge >= 0.3 is 0 Å². The van der Waals surface area contributed by atoms with Crippen LogP contribution >= 0.6 is 0 Å². The van der Waals surface area contributed by atoms with Crippen LogP contribution in [-0.4, -0.2) is 9.97 Å². The van der Waals surface area contributed by atoms with Crippen molar-refractivity contribution in [2.24, 2.45) is 0 Å². The minimum absolute atomic E-state index is 0.760. The molecule has 4 heteroatoms. The molecule has 0 unspecified atom stereocenters. The largest absolute Gasteiger partial charge is 0.619 e. The number of fused-ring (bicyclic) bond motifs is 1. The van der Waals surface area contributed by atoms with E-state index in [0.29, 0.717) is 0 Å². The molecule has 0 aliphatic rings. The number of H-pyrrole nitrogens is 1. The van der Waals surface area contributed by atoms with Crippen molar-refractivity contribution in [1.82, 2.24) is 9.97 Å². The van der Waals surface area contributed by atoms with Crippen LogP contribution in [0.3, 0.4) is 0 Å². The Balaban J connectivity index is 2.41. The van der Waals surface area contributed by atoms with Crippen molar-refractivity contribution < 1.29 is 4.73 Å². The summed E-state index contributed by atoms with van der Waals surface area (Å²) in [7, 11) is 0. The summed E-state index contributed by atoms with van der Waals surface area (Å²) >= 11 is 0. The topological polar surface area (TPSA) is 55.6 Å². The number of aromatic amines is 1. The molecule has 0 atom stereocenters. The van der Waals surface area contributed by atoms with Gasteiger partial charge in [-0.15, -0.1) is 0 Å². The first-order chi connectivity index (χ1) is 7.20. The maximum Gasteiger partial charge on any atom is 0.208 e. The molecular weight excluding hydrogens is 190 g/mol. The van der Waals surface area contributed by atoms with Gasteiger partial charge in [0.15, 0.2) is 11.7 Å². The fraction of sp³-hybridized carbons (Fsp3) is 0.455. The molecule has 15 heavy (non-hydrogen) atoms. The molecule has 2 heterocycles. The third-order valence-corrected chi connectivity index (χ3v) is 2.51. The average Bonchev–Trinajstić information content (AvgIpc) is 2.57. The van der Waals surface area contributed by atoms with Gasteiger partial charge in [0.1, 0.15) is 5.82 Å². The third kappa shape index (κ3) is 1.93. The Morgan fingerprint density at radius 3 is 3.00 bits per heavy atom. The molecule has 0 aliphatic carbocycles. The maximum absolute atomic E-state index is 11.2. The highest BCUT2D eigenvalue weighted by molar-refractivity contribution is 5.76. The van der Waals surface area contributed by atoms with Crippen LogP contribution in [0.15, 0.2) is 12.4 Å². The lowest BCUT2D eigenvalue weighted by Crippen LogP contribution is -2.24. The molecule has 2 aromatic rings. The summed E-state index contributed by atoms with van der Waals surface area (Å²) in [4.78, 5) is 7.66. The Hall–Kier alpha value is -1.58. The smallest absolute Gasteiger partial charge is 0.208 e. The van der Waals surface area contributed by atoms with E-state index in [2.05, 4.69) is 16.9 Å². The van der Waals surface area contributed by atoms with E-state index in [1.807, 2.05) is 6.92 Å². The van der Waals surface area contributed by atoms with Crippen LogP contribution in [-0.2, 0) is 6.42 Å². The highest BCUT2D eigenvalue weighted by atomic mass is 16.5. The van der Waals surface area contributed by atoms with E-state index in [9.17, 15) is 5.21 Å². The number of nitrogens with one attached hydrogen (secondary N) is 1. The van der Waals surface area contributed by atoms with Crippen LogP contribution in [0.4, 0.5) is 0 Å². The lowest BCUT2D eigenvalue weighted by molar-refractivity contribution is -0.604. The minimum atomic E-state index is 0.760. The number of hydrogen-bond donors (Lipinski definition) is 1. The molecule has 1 N–H and O–H groups in total. The molecule has 2 rings (SSSR count). The lowest BCUT2D eigenvalue weighted by atomic mass is 10.2. The summed E-state index contributed by atoms with van der Waals surface area (Å²) < 4.78 is 0.808. The number of pyridine rings is 1. The quantitative estimate of drug-likeness (QED) is 0.614. The standard InChI is InChI=1S/C11H15N3O/c1-3-4-5-10-12-9-7-14(15)6-8(2)11(9)13-10/h6-7H,3-5H2,1-2H3,(H,12,13). The van der Waals surface area contributed by atoms with E-state index in [1.165, 1.54) is 6.20 Å². The average molecular weight is 205 g/mol. The van der Waals surface area contributed by atoms with Gasteiger partial charge in [-0.25, -0.2) is 4.98 Å². The number of hydrogen-bond acceptors (Lipinski definition) is 2. The first-order valence-electron chi connectivity index (χ1n) is 5.28. The SMILES string of the molecule is CCCCc1nc2c[n+]([O-])cc(C)c2[nH]1. The molecule has 0 fully saturated rings. The number of imidazole rings is 1. The van der Waals surface area contributed by atoms with Gasteiger partial charge in [0.05, 0.1) is 5.52 Å². The Labute approximate surface area is 88.5 Å². The van der Waals surface area contributed by atoms with Crippen LogP contribution in [0, 0.1) is 12.1 Å². The molecule has 0 aliphatic heterocycles. The lowest BCUT2D eigenvalue weighted by Gasteiger charge is -1.96. The molecule has 0 saturated heterocycles. The summed E-state index contributed by atoms with van der Waals surface area (Å²) in [5, 5.41) is 11.2. The fourth-order valence-corrected chi connectivity index (χ4v) is 1.71. The first-order valence-corrected chi connectivity index (χ1v) is 5.28. The van der Waals surface area contributed by atoms with Crippen molar-refractivity contribution in [1.29, 1.82) is 0 Å². The van der Waals surface area contributed by atoms with Gasteiger partial charge in [-0.05, 0) is 13.3 Å². The molecule has 4 nitrogen and oxygen atoms in total. The molecule has 80 valence electrons. The van der Waals surface area contributed by atoms with Gasteiger partial charge in [-0.2, -0.15) is 4.73 Å². The number of aromatic nitrogens is 3. The van der Waals surface area contributed by atoms with E-state index < -0.39 is 0 Å². The van der Waals surface area contributed by atoms with E-state index >= 15 is 0 Å². The normalized spacial score (nSPS) is 11.1. The Morgan fingerprint density at radius 2 is 2.27 bits per heavy atom. The highest BCUT2D eigenvalue weighted by Crippen LogP contribution is 2.14. The van der Waals surface area contributed by atoms with Crippen LogP contribution in [0.25, 0.3) is 11.0 Å². The summed E-state index contributed by atoms with van der Waals surface area (Å²) in [5.41, 5.74) is 2.68. The predicted octanol–water partition coefficient (Wildman–Crippen LogP) is 1.85. The monoisotopic (exact) mass is 205 g/mol. The fourth-order valence-electron chi connectivity index (χ4n) is 1.71. The second-order valence-electron chi connectivity index (χ2n) is 3.85. The summed E-state index contributed by atoms with van der Waals surface area (Å²) in [6, 6.07) is 0. The van der Waals surface area contributed by atoms with E-state index in [0.717, 1.165) is 46.4 Å². The van der Waals surface area contributed by atoms with Crippen molar-refractivity contribution in [2.45, 2.75) is 33.1 Å². The zero-order chi connectivity index (χ0) is 10.8. The molecule has 0 spiro atoms. The minimum Gasteiger partial charge on any atom is -0.619 e. The zero-order valence-corrected chi connectivity index (χ0v) is 9.08. The van der Waals surface area contributed by atoms with Crippen molar-refractivity contribution in [3.63, 3.8) is 0 Å². The zero-order valence-electron chi connectivity index (χ0n) is 9.08. The summed E-state index contributed by atoms with van der Waals surface area (Å²) in [6.45, 7) is 4.07. The molecule has 0 bridgehead atoms. The first kappa shape index (κ1) is 9.96. The molecular formula is C11H15N3O. The Bertz CT molecular complexity index is 476. The van der Waals surface area contributed by atoms with Crippen molar-refractivity contribution in [2.75, 3.05) is 0 Å². The van der Waals surface area contributed by atoms with Gasteiger partial charge in [0, 0.05) is 12.0 Å². The third-order valence-electron chi connectivity index (χ3n) is 2.51. The highest BCUT2D eigenvalue weighted by Gasteiger charge is 2.08. The Kier molecular flexibility index (Phi) is 2.58. The van der Waals surface area contributed by atoms with Crippen LogP contribution in [0.2, 0.25) is 0 Å². The molecule has 0 radical (unpaired) electrons. The van der Waals surface area contributed by atoms with Crippen molar-refractivity contribution in [3.05, 3.63) is 29.0 Å². The van der Waals surface area contributed by atoms with Gasteiger partial charge in [-0.3, -0.25) is 0 Å². The van der Waals surface area contributed by atoms with Crippen molar-refractivity contribution >= 4 is 11.0 Å². The van der Waals surface area contributed by atoms with Gasteiger partial charge in [0.2, 0.25) is 6.20 Å². The molecule has 0 saturated carbocycles. The summed E-state index contributed by atoms with van der Waals surface area (Å²) in [5.74, 6) is 0.973. The van der Waals surface area contributed by atoms with Crippen LogP contribution in [0.1, 0.15) is 31.2 Å². The van der Waals surface area contributed by atoms with E-state index in [-0.39, 0.29) is 0 Å². The second kappa shape index (κ2) is 3.88. The van der Waals surface area contributed by atoms with E-state index in [4.69, 9.17) is 0 Å². The van der Waals surface area contributed by atoms with Crippen LogP contribution in [0.5, 0.6) is 0 Å². The summed E-state index contributed by atoms with van der Waals surface area (Å²) in [6.07, 6.45) is 6.29. The van der Waals surface area contributed by atoms with Crippen molar-refractivity contribution in [3.8, 4) is 0 Å². The van der Waals surface area contributed by atoms with Crippen LogP contribution < -0.4 is 4.73 Å². The van der Waals surface area contributed by atoms with Gasteiger partial charge < -0.3 is 10.2 Å². The predicted molar refractivity (Wildman–Crippen MR) is 58.4 cm³/mol. The number of unbranched alkanes of at least 4 members (excludes halogenated alkanes) is 1. The van der Waals surface area contributed by atoms with Gasteiger partial charge in [-0.1, -0.05) is 13.3 Å². The molecule has 2 aromatic heterocycles.